The zero-order valence-electron chi connectivity index (χ0n) is 11.3. The minimum absolute atomic E-state index is 0.0840. The van der Waals surface area contributed by atoms with Gasteiger partial charge in [0.2, 0.25) is 5.91 Å². The second-order valence-electron chi connectivity index (χ2n) is 4.82. The Labute approximate surface area is 118 Å². The normalized spacial score (nSPS) is 14.0. The SMILES string of the molecule is C=CCNC(=O)Nc1ccc(NC(=O)C2CCC2)cc1. The van der Waals surface area contributed by atoms with Gasteiger partial charge in [-0.05, 0) is 37.1 Å². The van der Waals surface area contributed by atoms with Gasteiger partial charge in [-0.2, -0.15) is 0 Å². The molecule has 0 unspecified atom stereocenters. The van der Waals surface area contributed by atoms with Crippen LogP contribution in [0.15, 0.2) is 36.9 Å². The van der Waals surface area contributed by atoms with Crippen molar-refractivity contribution in [1.29, 1.82) is 0 Å². The smallest absolute Gasteiger partial charge is 0.319 e. The van der Waals surface area contributed by atoms with Gasteiger partial charge in [0.05, 0.1) is 0 Å². The second kappa shape index (κ2) is 6.75. The molecule has 20 heavy (non-hydrogen) atoms. The number of carbonyl (C=O) groups excluding carboxylic acids is 2. The zero-order chi connectivity index (χ0) is 14.4. The Morgan fingerprint density at radius 1 is 1.15 bits per heavy atom. The van der Waals surface area contributed by atoms with E-state index in [4.69, 9.17) is 0 Å². The fourth-order valence-electron chi connectivity index (χ4n) is 1.89. The third kappa shape index (κ3) is 3.85. The Hall–Kier alpha value is -2.30. The van der Waals surface area contributed by atoms with Gasteiger partial charge in [0.25, 0.3) is 0 Å². The van der Waals surface area contributed by atoms with Crippen molar-refractivity contribution in [2.45, 2.75) is 19.3 Å². The van der Waals surface area contributed by atoms with Crippen molar-refractivity contribution in [3.63, 3.8) is 0 Å². The summed E-state index contributed by atoms with van der Waals surface area (Å²) in [6, 6.07) is 6.78. The van der Waals surface area contributed by atoms with E-state index in [0.29, 0.717) is 12.2 Å². The van der Waals surface area contributed by atoms with Gasteiger partial charge in [0.15, 0.2) is 0 Å². The van der Waals surface area contributed by atoms with E-state index in [1.807, 2.05) is 0 Å². The van der Waals surface area contributed by atoms with E-state index in [0.717, 1.165) is 24.9 Å². The maximum Gasteiger partial charge on any atom is 0.319 e. The quantitative estimate of drug-likeness (QED) is 0.722. The highest BCUT2D eigenvalue weighted by Crippen LogP contribution is 2.27. The lowest BCUT2D eigenvalue weighted by atomic mass is 9.85. The second-order valence-corrected chi connectivity index (χ2v) is 4.82. The molecule has 3 N–H and O–H groups in total. The van der Waals surface area contributed by atoms with Gasteiger partial charge in [0.1, 0.15) is 0 Å². The number of hydrogen-bond acceptors (Lipinski definition) is 2. The number of urea groups is 1. The van der Waals surface area contributed by atoms with Crippen LogP contribution in [0.3, 0.4) is 0 Å². The Kier molecular flexibility index (Phi) is 4.76. The van der Waals surface area contributed by atoms with E-state index in [-0.39, 0.29) is 17.9 Å². The number of benzene rings is 1. The number of nitrogens with one attached hydrogen (secondary N) is 3. The molecular formula is C15H19N3O2. The summed E-state index contributed by atoms with van der Waals surface area (Å²) in [6.07, 6.45) is 4.71. The largest absolute Gasteiger partial charge is 0.334 e. The molecule has 0 bridgehead atoms. The molecule has 1 aromatic rings. The van der Waals surface area contributed by atoms with Crippen LogP contribution < -0.4 is 16.0 Å². The highest BCUT2D eigenvalue weighted by Gasteiger charge is 2.24. The third-order valence-electron chi connectivity index (χ3n) is 3.29. The summed E-state index contributed by atoms with van der Waals surface area (Å²) >= 11 is 0. The molecule has 5 nitrogen and oxygen atoms in total. The van der Waals surface area contributed by atoms with Crippen molar-refractivity contribution in [1.82, 2.24) is 5.32 Å². The molecule has 1 aliphatic rings. The van der Waals surface area contributed by atoms with Crippen LogP contribution in [0.25, 0.3) is 0 Å². The average molecular weight is 273 g/mol. The maximum atomic E-state index is 11.8. The van der Waals surface area contributed by atoms with Gasteiger partial charge in [0, 0.05) is 23.8 Å². The van der Waals surface area contributed by atoms with Crippen LogP contribution in [-0.4, -0.2) is 18.5 Å². The van der Waals surface area contributed by atoms with Crippen LogP contribution in [0.4, 0.5) is 16.2 Å². The van der Waals surface area contributed by atoms with E-state index in [2.05, 4.69) is 22.5 Å². The first-order valence-electron chi connectivity index (χ1n) is 6.75. The van der Waals surface area contributed by atoms with Crippen LogP contribution in [-0.2, 0) is 4.79 Å². The molecule has 106 valence electrons. The van der Waals surface area contributed by atoms with Gasteiger partial charge in [-0.25, -0.2) is 4.79 Å². The van der Waals surface area contributed by atoms with E-state index in [1.54, 1.807) is 30.3 Å². The standard InChI is InChI=1S/C15H19N3O2/c1-2-10-16-15(20)18-13-8-6-12(7-9-13)17-14(19)11-4-3-5-11/h2,6-9,11H,1,3-5,10H2,(H,17,19)(H2,16,18,20). The number of hydrogen-bond donors (Lipinski definition) is 3. The molecule has 0 spiro atoms. The van der Waals surface area contributed by atoms with Gasteiger partial charge < -0.3 is 16.0 Å². The predicted molar refractivity (Wildman–Crippen MR) is 79.6 cm³/mol. The molecule has 1 fully saturated rings. The number of amides is 3. The highest BCUT2D eigenvalue weighted by molar-refractivity contribution is 5.94. The molecule has 1 aliphatic carbocycles. The van der Waals surface area contributed by atoms with Gasteiger partial charge >= 0.3 is 6.03 Å². The fourth-order valence-corrected chi connectivity index (χ4v) is 1.89. The van der Waals surface area contributed by atoms with Gasteiger partial charge in [-0.3, -0.25) is 4.79 Å². The summed E-state index contributed by atoms with van der Waals surface area (Å²) < 4.78 is 0. The van der Waals surface area contributed by atoms with Crippen LogP contribution in [0.1, 0.15) is 19.3 Å². The number of carbonyl (C=O) groups is 2. The van der Waals surface area contributed by atoms with Crippen LogP contribution in [0, 0.1) is 5.92 Å². The lowest BCUT2D eigenvalue weighted by Gasteiger charge is -2.24. The number of anilines is 2. The first kappa shape index (κ1) is 14.1. The van der Waals surface area contributed by atoms with Gasteiger partial charge in [-0.15, -0.1) is 6.58 Å². The minimum Gasteiger partial charge on any atom is -0.334 e. The van der Waals surface area contributed by atoms with Crippen LogP contribution in [0.2, 0.25) is 0 Å². The van der Waals surface area contributed by atoms with E-state index < -0.39 is 0 Å². The molecule has 0 radical (unpaired) electrons. The summed E-state index contributed by atoms with van der Waals surface area (Å²) in [5, 5.41) is 8.19. The molecule has 0 aromatic heterocycles. The van der Waals surface area contributed by atoms with Crippen molar-refractivity contribution < 1.29 is 9.59 Å². The number of rotatable bonds is 5. The summed E-state index contributed by atoms with van der Waals surface area (Å²) in [7, 11) is 0. The van der Waals surface area contributed by atoms with Crippen molar-refractivity contribution in [2.75, 3.05) is 17.2 Å². The fraction of sp³-hybridized carbons (Fsp3) is 0.333. The van der Waals surface area contributed by atoms with Crippen LogP contribution in [0.5, 0.6) is 0 Å². The molecule has 0 saturated heterocycles. The topological polar surface area (TPSA) is 70.2 Å². The van der Waals surface area contributed by atoms with E-state index in [1.165, 1.54) is 0 Å². The molecule has 2 rings (SSSR count). The van der Waals surface area contributed by atoms with Crippen molar-refractivity contribution in [3.8, 4) is 0 Å². The summed E-state index contributed by atoms with van der Waals surface area (Å²) in [6.45, 7) is 3.94. The first-order chi connectivity index (χ1) is 9.69. The maximum absolute atomic E-state index is 11.8. The van der Waals surface area contributed by atoms with E-state index in [9.17, 15) is 9.59 Å². The lowest BCUT2D eigenvalue weighted by Crippen LogP contribution is -2.29. The molecule has 1 saturated carbocycles. The predicted octanol–water partition coefficient (Wildman–Crippen LogP) is 2.73. The van der Waals surface area contributed by atoms with Gasteiger partial charge in [-0.1, -0.05) is 12.5 Å². The molecule has 3 amide bonds. The third-order valence-corrected chi connectivity index (χ3v) is 3.29. The van der Waals surface area contributed by atoms with Crippen molar-refractivity contribution >= 4 is 23.3 Å². The highest BCUT2D eigenvalue weighted by atomic mass is 16.2. The zero-order valence-corrected chi connectivity index (χ0v) is 11.3. The first-order valence-corrected chi connectivity index (χ1v) is 6.75. The average Bonchev–Trinajstić information content (AvgIpc) is 2.36. The Balaban J connectivity index is 1.84. The Bertz CT molecular complexity index is 492. The summed E-state index contributed by atoms with van der Waals surface area (Å²) in [5.74, 6) is 0.248. The Morgan fingerprint density at radius 2 is 1.75 bits per heavy atom. The van der Waals surface area contributed by atoms with Crippen molar-refractivity contribution in [2.24, 2.45) is 5.92 Å². The molecule has 0 heterocycles. The summed E-state index contributed by atoms with van der Waals surface area (Å²) in [4.78, 5) is 23.2. The monoisotopic (exact) mass is 273 g/mol. The molecular weight excluding hydrogens is 254 g/mol. The molecule has 0 aliphatic heterocycles. The molecule has 5 heteroatoms. The molecule has 1 aromatic carbocycles. The Morgan fingerprint density at radius 3 is 2.25 bits per heavy atom. The van der Waals surface area contributed by atoms with E-state index >= 15 is 0 Å². The summed E-state index contributed by atoms with van der Waals surface area (Å²) in [5.41, 5.74) is 1.42. The lowest BCUT2D eigenvalue weighted by molar-refractivity contribution is -0.122. The molecule has 0 atom stereocenters. The minimum atomic E-state index is -0.281. The van der Waals surface area contributed by atoms with Crippen molar-refractivity contribution in [3.05, 3.63) is 36.9 Å². The van der Waals surface area contributed by atoms with Crippen LogP contribution >= 0.6 is 0 Å².